The lowest BCUT2D eigenvalue weighted by Crippen LogP contribution is -2.05. The van der Waals surface area contributed by atoms with Gasteiger partial charge < -0.3 is 19.8 Å². The SMILES string of the molecule is Cn1c(CN)nnc1SCc1ccc(C(=O)O)o1. The van der Waals surface area contributed by atoms with Crippen molar-refractivity contribution in [2.45, 2.75) is 17.5 Å². The van der Waals surface area contributed by atoms with Crippen molar-refractivity contribution in [1.82, 2.24) is 14.8 Å². The van der Waals surface area contributed by atoms with E-state index < -0.39 is 5.97 Å². The molecule has 2 aromatic heterocycles. The number of rotatable bonds is 5. The van der Waals surface area contributed by atoms with E-state index in [1.54, 1.807) is 10.6 Å². The number of aromatic nitrogens is 3. The molecule has 0 bridgehead atoms. The Bertz CT molecular complexity index is 563. The van der Waals surface area contributed by atoms with Crippen LogP contribution in [0.2, 0.25) is 0 Å². The van der Waals surface area contributed by atoms with E-state index in [0.717, 1.165) is 0 Å². The number of thioether (sulfide) groups is 1. The Hall–Kier alpha value is -1.80. The van der Waals surface area contributed by atoms with Gasteiger partial charge in [0.15, 0.2) is 5.16 Å². The van der Waals surface area contributed by atoms with Crippen LogP contribution in [-0.4, -0.2) is 25.8 Å². The Morgan fingerprint density at radius 1 is 1.56 bits per heavy atom. The average molecular weight is 268 g/mol. The number of hydrogen-bond donors (Lipinski definition) is 2. The number of carboxylic acids is 1. The van der Waals surface area contributed by atoms with E-state index in [-0.39, 0.29) is 5.76 Å². The van der Waals surface area contributed by atoms with E-state index in [9.17, 15) is 4.79 Å². The average Bonchev–Trinajstić information content (AvgIpc) is 2.93. The van der Waals surface area contributed by atoms with E-state index in [0.29, 0.717) is 29.0 Å². The molecule has 0 spiro atoms. The van der Waals surface area contributed by atoms with Crippen molar-refractivity contribution in [3.05, 3.63) is 29.5 Å². The maximum atomic E-state index is 10.6. The molecule has 8 heteroatoms. The smallest absolute Gasteiger partial charge is 0.371 e. The highest BCUT2D eigenvalue weighted by Gasteiger charge is 2.11. The van der Waals surface area contributed by atoms with Gasteiger partial charge in [0.1, 0.15) is 11.6 Å². The Kier molecular flexibility index (Phi) is 3.68. The molecule has 0 fully saturated rings. The first-order valence-electron chi connectivity index (χ1n) is 5.15. The predicted octanol–water partition coefficient (Wildman–Crippen LogP) is 0.857. The molecule has 0 aromatic carbocycles. The summed E-state index contributed by atoms with van der Waals surface area (Å²) in [5.74, 6) is 0.628. The molecule has 3 N–H and O–H groups in total. The quantitative estimate of drug-likeness (QED) is 0.774. The fraction of sp³-hybridized carbons (Fsp3) is 0.300. The van der Waals surface area contributed by atoms with Crippen LogP contribution in [0.25, 0.3) is 0 Å². The van der Waals surface area contributed by atoms with Gasteiger partial charge >= 0.3 is 5.97 Å². The van der Waals surface area contributed by atoms with Crippen LogP contribution in [0, 0.1) is 0 Å². The molecule has 18 heavy (non-hydrogen) atoms. The van der Waals surface area contributed by atoms with Gasteiger partial charge in [0.2, 0.25) is 5.76 Å². The van der Waals surface area contributed by atoms with Gasteiger partial charge in [0.25, 0.3) is 0 Å². The standard InChI is InChI=1S/C10H12N4O3S/c1-14-8(4-11)12-13-10(14)18-5-6-2-3-7(17-6)9(15)16/h2-3H,4-5,11H2,1H3,(H,15,16). The van der Waals surface area contributed by atoms with E-state index >= 15 is 0 Å². The number of hydrogen-bond acceptors (Lipinski definition) is 6. The number of nitrogens with two attached hydrogens (primary N) is 1. The van der Waals surface area contributed by atoms with Crippen LogP contribution >= 0.6 is 11.8 Å². The molecule has 0 unspecified atom stereocenters. The summed E-state index contributed by atoms with van der Waals surface area (Å²) in [4.78, 5) is 10.6. The highest BCUT2D eigenvalue weighted by molar-refractivity contribution is 7.98. The van der Waals surface area contributed by atoms with Crippen LogP contribution < -0.4 is 5.73 Å². The van der Waals surface area contributed by atoms with Crippen molar-refractivity contribution in [3.8, 4) is 0 Å². The number of nitrogens with zero attached hydrogens (tertiary/aromatic N) is 3. The largest absolute Gasteiger partial charge is 0.475 e. The van der Waals surface area contributed by atoms with Crippen LogP contribution in [0.5, 0.6) is 0 Å². The fourth-order valence-electron chi connectivity index (χ4n) is 1.35. The van der Waals surface area contributed by atoms with Crippen molar-refractivity contribution in [1.29, 1.82) is 0 Å². The van der Waals surface area contributed by atoms with E-state index in [2.05, 4.69) is 10.2 Å². The molecule has 0 radical (unpaired) electrons. The minimum Gasteiger partial charge on any atom is -0.475 e. The molecule has 0 saturated carbocycles. The highest BCUT2D eigenvalue weighted by Crippen LogP contribution is 2.22. The van der Waals surface area contributed by atoms with Crippen LogP contribution in [-0.2, 0) is 19.3 Å². The first-order chi connectivity index (χ1) is 8.61. The molecule has 0 atom stereocenters. The van der Waals surface area contributed by atoms with Crippen LogP contribution in [0.4, 0.5) is 0 Å². The van der Waals surface area contributed by atoms with Crippen molar-refractivity contribution in [3.63, 3.8) is 0 Å². The van der Waals surface area contributed by atoms with Gasteiger partial charge in [-0.25, -0.2) is 4.79 Å². The van der Waals surface area contributed by atoms with E-state index in [1.807, 2.05) is 7.05 Å². The maximum absolute atomic E-state index is 10.6. The Labute approximate surface area is 107 Å². The first-order valence-corrected chi connectivity index (χ1v) is 6.13. The summed E-state index contributed by atoms with van der Waals surface area (Å²) in [6.45, 7) is 0.327. The highest BCUT2D eigenvalue weighted by atomic mass is 32.2. The third kappa shape index (κ3) is 2.54. The third-order valence-corrected chi connectivity index (χ3v) is 3.37. The summed E-state index contributed by atoms with van der Waals surface area (Å²) in [5, 5.41) is 17.3. The molecule has 0 aliphatic rings. The lowest BCUT2D eigenvalue weighted by Gasteiger charge is -2.00. The molecule has 2 heterocycles. The Balaban J connectivity index is 2.02. The second kappa shape index (κ2) is 5.23. The monoisotopic (exact) mass is 268 g/mol. The van der Waals surface area contributed by atoms with Crippen LogP contribution in [0.1, 0.15) is 22.1 Å². The number of carboxylic acid groups (broad SMARTS) is 1. The number of aromatic carboxylic acids is 1. The van der Waals surface area contributed by atoms with E-state index in [4.69, 9.17) is 15.3 Å². The molecule has 7 nitrogen and oxygen atoms in total. The summed E-state index contributed by atoms with van der Waals surface area (Å²) in [5.41, 5.74) is 5.49. The molecule has 2 rings (SSSR count). The van der Waals surface area contributed by atoms with Crippen molar-refractivity contribution >= 4 is 17.7 Å². The van der Waals surface area contributed by atoms with Crippen molar-refractivity contribution in [2.24, 2.45) is 12.8 Å². The van der Waals surface area contributed by atoms with Gasteiger partial charge in [-0.15, -0.1) is 10.2 Å². The summed E-state index contributed by atoms with van der Waals surface area (Å²) in [6.07, 6.45) is 0. The molecule has 0 aliphatic heterocycles. The van der Waals surface area contributed by atoms with Crippen LogP contribution in [0.3, 0.4) is 0 Å². The van der Waals surface area contributed by atoms with Crippen molar-refractivity contribution in [2.75, 3.05) is 0 Å². The number of furan rings is 1. The molecule has 0 aliphatic carbocycles. The Morgan fingerprint density at radius 2 is 2.33 bits per heavy atom. The molecule has 96 valence electrons. The van der Waals surface area contributed by atoms with Gasteiger partial charge in [-0.3, -0.25) is 0 Å². The molecule has 0 saturated heterocycles. The van der Waals surface area contributed by atoms with Gasteiger partial charge in [-0.1, -0.05) is 11.8 Å². The first kappa shape index (κ1) is 12.7. The lowest BCUT2D eigenvalue weighted by molar-refractivity contribution is 0.0661. The fourth-order valence-corrected chi connectivity index (χ4v) is 2.18. The number of carbonyl (C=O) groups is 1. The third-order valence-electron chi connectivity index (χ3n) is 2.32. The van der Waals surface area contributed by atoms with Crippen molar-refractivity contribution < 1.29 is 14.3 Å². The topological polar surface area (TPSA) is 107 Å². The van der Waals surface area contributed by atoms with Gasteiger partial charge in [-0.05, 0) is 12.1 Å². The predicted molar refractivity (Wildman–Crippen MR) is 64.1 cm³/mol. The normalized spacial score (nSPS) is 10.8. The Morgan fingerprint density at radius 3 is 2.89 bits per heavy atom. The zero-order chi connectivity index (χ0) is 13.1. The van der Waals surface area contributed by atoms with Crippen LogP contribution in [0.15, 0.2) is 21.7 Å². The zero-order valence-corrected chi connectivity index (χ0v) is 10.5. The van der Waals surface area contributed by atoms with Gasteiger partial charge in [-0.2, -0.15) is 0 Å². The zero-order valence-electron chi connectivity index (χ0n) is 9.66. The summed E-state index contributed by atoms with van der Waals surface area (Å²) < 4.78 is 6.93. The minimum absolute atomic E-state index is 0.0637. The summed E-state index contributed by atoms with van der Waals surface area (Å²) in [7, 11) is 1.83. The molecule has 0 amide bonds. The van der Waals surface area contributed by atoms with Gasteiger partial charge in [0.05, 0.1) is 12.3 Å². The molecular weight excluding hydrogens is 256 g/mol. The van der Waals surface area contributed by atoms with Gasteiger partial charge in [0, 0.05) is 7.05 Å². The summed E-state index contributed by atoms with van der Waals surface area (Å²) >= 11 is 1.41. The minimum atomic E-state index is -1.07. The lowest BCUT2D eigenvalue weighted by atomic mass is 10.4. The second-order valence-corrected chi connectivity index (χ2v) is 4.46. The molecular formula is C10H12N4O3S. The molecule has 2 aromatic rings. The maximum Gasteiger partial charge on any atom is 0.371 e. The summed E-state index contributed by atoms with van der Waals surface area (Å²) in [6, 6.07) is 3.07. The second-order valence-electron chi connectivity index (χ2n) is 3.52. The van der Waals surface area contributed by atoms with E-state index in [1.165, 1.54) is 17.8 Å².